The van der Waals surface area contributed by atoms with Crippen LogP contribution in [0.25, 0.3) is 61.3 Å². The Morgan fingerprint density at radius 2 is 1.20 bits per heavy atom. The van der Waals surface area contributed by atoms with Gasteiger partial charge in [0, 0.05) is 70.3 Å². The molecule has 1 unspecified atom stereocenters. The summed E-state index contributed by atoms with van der Waals surface area (Å²) in [5.74, 6) is 0. The maximum absolute atomic E-state index is 2.59. The molecule has 0 radical (unpaired) electrons. The Hall–Kier alpha value is -6.65. The smallest absolute Gasteiger partial charge is 0.256 e. The lowest BCUT2D eigenvalue weighted by Crippen LogP contribution is -2.68. The molecule has 1 atom stereocenters. The van der Waals surface area contributed by atoms with Crippen LogP contribution in [0.5, 0.6) is 0 Å². The monoisotopic (exact) mass is 711 g/mol. The number of fused-ring (bicyclic) bond motifs is 6. The molecule has 0 saturated carbocycles. The van der Waals surface area contributed by atoms with E-state index in [9.17, 15) is 0 Å². The minimum absolute atomic E-state index is 0.457. The summed E-state index contributed by atoms with van der Waals surface area (Å²) in [7, 11) is 2.17. The number of para-hydroxylation sites is 2. The van der Waals surface area contributed by atoms with Crippen LogP contribution in [0.4, 0.5) is 0 Å². The Morgan fingerprint density at radius 1 is 0.545 bits per heavy atom. The van der Waals surface area contributed by atoms with E-state index in [1.54, 1.807) is 0 Å². The summed E-state index contributed by atoms with van der Waals surface area (Å²) in [4.78, 5) is 0. The molecule has 264 valence electrons. The molecule has 0 amide bonds. The fraction of sp³-hybridized carbons (Fsp3) is 0.118. The lowest BCUT2D eigenvalue weighted by atomic mass is 9.76. The predicted octanol–water partition coefficient (Wildman–Crippen LogP) is 9.80. The van der Waals surface area contributed by atoms with Crippen LogP contribution in [0, 0.1) is 13.8 Å². The average molecular weight is 712 g/mol. The molecule has 10 rings (SSSR count). The lowest BCUT2D eigenvalue weighted by Gasteiger charge is -2.33. The first kappa shape index (κ1) is 33.0. The quantitative estimate of drug-likeness (QED) is 0.153. The van der Waals surface area contributed by atoms with E-state index in [1.807, 2.05) is 0 Å². The third-order valence-electron chi connectivity index (χ3n) is 11.8. The first-order valence-corrected chi connectivity index (χ1v) is 19.2. The van der Waals surface area contributed by atoms with Crippen molar-refractivity contribution in [2.24, 2.45) is 7.05 Å². The van der Waals surface area contributed by atoms with E-state index in [2.05, 4.69) is 222 Å². The average Bonchev–Trinajstić information content (AvgIpc) is 3.57. The maximum atomic E-state index is 2.59. The Labute approximate surface area is 322 Å². The second-order valence-electron chi connectivity index (χ2n) is 15.1. The third kappa shape index (κ3) is 5.32. The number of aryl methyl sites for hydroxylation is 3. The molecule has 0 fully saturated rings. The van der Waals surface area contributed by atoms with Crippen molar-refractivity contribution >= 4 is 21.8 Å². The number of nitrogens with zero attached hydrogens (tertiary/aromatic N) is 4. The summed E-state index contributed by atoms with van der Waals surface area (Å²) in [6, 6.07) is 60.3. The summed E-state index contributed by atoms with van der Waals surface area (Å²) in [6.07, 6.45) is 7.57. The topological polar surface area (TPSA) is 16.6 Å². The van der Waals surface area contributed by atoms with Crippen molar-refractivity contribution in [1.82, 2.24) is 4.57 Å². The molecular weight excluding hydrogens is 669 g/mol. The second kappa shape index (κ2) is 13.0. The summed E-state index contributed by atoms with van der Waals surface area (Å²) >= 11 is 0. The lowest BCUT2D eigenvalue weighted by molar-refractivity contribution is -0.817. The SMILES string of the molecule is Cc1ccc(C)c(-c2cccc[n+]2C2(Cc3ccccc3-c3cc(-n4c5ccccc5c5ccccc54)cc[n+]3C)C[n+]3ccccc3-c3ccccc32)c1. The molecule has 0 aliphatic carbocycles. The van der Waals surface area contributed by atoms with E-state index in [0.717, 1.165) is 18.7 Å². The first-order valence-electron chi connectivity index (χ1n) is 19.2. The van der Waals surface area contributed by atoms with Crippen molar-refractivity contribution in [3.63, 3.8) is 0 Å². The number of hydrogen-bond acceptors (Lipinski definition) is 0. The third-order valence-corrected chi connectivity index (χ3v) is 11.8. The number of aromatic nitrogens is 4. The maximum Gasteiger partial charge on any atom is 0.256 e. The van der Waals surface area contributed by atoms with Crippen LogP contribution in [0.3, 0.4) is 0 Å². The molecule has 0 bridgehead atoms. The van der Waals surface area contributed by atoms with Crippen molar-refractivity contribution < 1.29 is 13.7 Å². The minimum atomic E-state index is -0.457. The van der Waals surface area contributed by atoms with Crippen molar-refractivity contribution in [3.05, 3.63) is 205 Å². The zero-order valence-electron chi connectivity index (χ0n) is 31.5. The van der Waals surface area contributed by atoms with Gasteiger partial charge in [0.2, 0.25) is 23.6 Å². The molecule has 9 aromatic rings. The predicted molar refractivity (Wildman–Crippen MR) is 222 cm³/mol. The largest absolute Gasteiger partial charge is 0.309 e. The van der Waals surface area contributed by atoms with Crippen molar-refractivity contribution in [3.8, 4) is 39.5 Å². The molecule has 5 heterocycles. The van der Waals surface area contributed by atoms with Crippen LogP contribution in [0.2, 0.25) is 0 Å². The second-order valence-corrected chi connectivity index (χ2v) is 15.1. The van der Waals surface area contributed by atoms with Gasteiger partial charge in [-0.05, 0) is 67.4 Å². The Morgan fingerprint density at radius 3 is 2.00 bits per heavy atom. The fourth-order valence-electron chi connectivity index (χ4n) is 9.23. The molecule has 4 nitrogen and oxygen atoms in total. The first-order chi connectivity index (χ1) is 27.0. The zero-order valence-corrected chi connectivity index (χ0v) is 31.5. The molecule has 1 aliphatic heterocycles. The highest BCUT2D eigenvalue weighted by Gasteiger charge is 2.53. The van der Waals surface area contributed by atoms with E-state index in [0.29, 0.717) is 0 Å². The van der Waals surface area contributed by atoms with Gasteiger partial charge in [0.25, 0.3) is 5.54 Å². The minimum Gasteiger partial charge on any atom is -0.309 e. The summed E-state index contributed by atoms with van der Waals surface area (Å²) in [5, 5.41) is 2.53. The van der Waals surface area contributed by atoms with Crippen LogP contribution in [0.15, 0.2) is 182 Å². The van der Waals surface area contributed by atoms with Gasteiger partial charge in [-0.25, -0.2) is 4.57 Å². The van der Waals surface area contributed by atoms with E-state index >= 15 is 0 Å². The van der Waals surface area contributed by atoms with E-state index in [-0.39, 0.29) is 0 Å². The molecular formula is C51H43N4+3. The summed E-state index contributed by atoms with van der Waals surface area (Å²) in [5.41, 5.74) is 15.7. The van der Waals surface area contributed by atoms with Gasteiger partial charge in [-0.15, -0.1) is 0 Å². The van der Waals surface area contributed by atoms with Gasteiger partial charge >= 0.3 is 0 Å². The van der Waals surface area contributed by atoms with E-state index < -0.39 is 5.54 Å². The van der Waals surface area contributed by atoms with Crippen molar-refractivity contribution in [2.75, 3.05) is 0 Å². The Kier molecular flexibility index (Phi) is 7.81. The Balaban J connectivity index is 1.20. The van der Waals surface area contributed by atoms with Crippen LogP contribution < -0.4 is 13.7 Å². The van der Waals surface area contributed by atoms with Crippen molar-refractivity contribution in [1.29, 1.82) is 0 Å². The number of hydrogen-bond donors (Lipinski definition) is 0. The van der Waals surface area contributed by atoms with Gasteiger partial charge in [-0.1, -0.05) is 90.5 Å². The van der Waals surface area contributed by atoms with Crippen LogP contribution in [-0.4, -0.2) is 4.57 Å². The standard InChI is InChI=1S/C51H43N4/c1-36-26-27-37(2)44(32-36)47-23-13-15-30-54(47)51(35-53-29-14-12-22-46(53)43-20-6-9-21-45(43)51)34-38-16-4-5-17-40(38)50-33-39(28-31-52(50)3)55-48-24-10-7-18-41(48)42-19-8-11-25-49(42)55/h4-33H,34-35H2,1-3H3/q+3. The number of rotatable bonds is 6. The summed E-state index contributed by atoms with van der Waals surface area (Å²) < 4.78 is 9.74. The number of pyridine rings is 3. The van der Waals surface area contributed by atoms with E-state index in [4.69, 9.17) is 0 Å². The number of benzene rings is 5. The normalized spacial score (nSPS) is 14.9. The molecule has 1 aliphatic rings. The molecule has 55 heavy (non-hydrogen) atoms. The van der Waals surface area contributed by atoms with Gasteiger partial charge in [0.1, 0.15) is 7.05 Å². The Bertz CT molecular complexity index is 2880. The van der Waals surface area contributed by atoms with Gasteiger partial charge in [-0.3, -0.25) is 0 Å². The molecule has 4 aromatic heterocycles. The van der Waals surface area contributed by atoms with Gasteiger partial charge < -0.3 is 4.57 Å². The molecule has 0 N–H and O–H groups in total. The van der Waals surface area contributed by atoms with Gasteiger partial charge in [0.05, 0.1) is 22.3 Å². The van der Waals surface area contributed by atoms with Crippen LogP contribution >= 0.6 is 0 Å². The summed E-state index contributed by atoms with van der Waals surface area (Å²) in [6.45, 7) is 5.21. The zero-order chi connectivity index (χ0) is 37.1. The molecule has 0 saturated heterocycles. The van der Waals surface area contributed by atoms with Crippen molar-refractivity contribution in [2.45, 2.75) is 32.4 Å². The highest BCUT2D eigenvalue weighted by atomic mass is 15.1. The molecule has 0 spiro atoms. The highest BCUT2D eigenvalue weighted by molar-refractivity contribution is 6.09. The highest BCUT2D eigenvalue weighted by Crippen LogP contribution is 2.40. The molecule has 5 aromatic carbocycles. The van der Waals surface area contributed by atoms with Crippen LogP contribution in [-0.2, 0) is 25.6 Å². The molecule has 4 heteroatoms. The van der Waals surface area contributed by atoms with Gasteiger partial charge in [-0.2, -0.15) is 9.13 Å². The van der Waals surface area contributed by atoms with E-state index in [1.165, 1.54) is 77.8 Å². The fourth-order valence-corrected chi connectivity index (χ4v) is 9.23. The van der Waals surface area contributed by atoms with Gasteiger partial charge in [0.15, 0.2) is 18.6 Å². The van der Waals surface area contributed by atoms with Crippen LogP contribution in [0.1, 0.15) is 22.3 Å².